The SMILES string of the molecule is CC1(C)CO[C@](O)(c2cccc(Cl)c2)[C@](C)(O)N1. The maximum atomic E-state index is 10.6. The zero-order valence-electron chi connectivity index (χ0n) is 10.7. The number of halogens is 1. The van der Waals surface area contributed by atoms with Crippen molar-refractivity contribution in [3.8, 4) is 0 Å². The Morgan fingerprint density at radius 1 is 1.28 bits per heavy atom. The predicted octanol–water partition coefficient (Wildman–Crippen LogP) is 1.59. The van der Waals surface area contributed by atoms with Crippen molar-refractivity contribution >= 4 is 11.6 Å². The van der Waals surface area contributed by atoms with Crippen LogP contribution in [0.3, 0.4) is 0 Å². The summed E-state index contributed by atoms with van der Waals surface area (Å²) in [6.07, 6.45) is 0. The minimum atomic E-state index is -1.83. The van der Waals surface area contributed by atoms with Gasteiger partial charge in [-0.1, -0.05) is 23.7 Å². The van der Waals surface area contributed by atoms with Crippen LogP contribution in [0.2, 0.25) is 5.02 Å². The Labute approximate surface area is 112 Å². The first-order valence-corrected chi connectivity index (χ1v) is 6.18. The van der Waals surface area contributed by atoms with Crippen molar-refractivity contribution in [3.05, 3.63) is 34.9 Å². The van der Waals surface area contributed by atoms with Crippen LogP contribution in [0.1, 0.15) is 26.3 Å². The molecule has 1 fully saturated rings. The third-order valence-corrected chi connectivity index (χ3v) is 3.33. The molecule has 1 aliphatic heterocycles. The van der Waals surface area contributed by atoms with E-state index in [4.69, 9.17) is 16.3 Å². The van der Waals surface area contributed by atoms with Crippen LogP contribution in [-0.4, -0.2) is 28.1 Å². The maximum absolute atomic E-state index is 10.6. The zero-order chi connectivity index (χ0) is 13.6. The highest BCUT2D eigenvalue weighted by Crippen LogP contribution is 2.38. The van der Waals surface area contributed by atoms with Crippen LogP contribution in [0, 0.1) is 0 Å². The van der Waals surface area contributed by atoms with Crippen LogP contribution in [0.25, 0.3) is 0 Å². The van der Waals surface area contributed by atoms with E-state index in [9.17, 15) is 10.2 Å². The molecular weight excluding hydrogens is 254 g/mol. The van der Waals surface area contributed by atoms with Crippen LogP contribution in [0.5, 0.6) is 0 Å². The number of hydrogen-bond donors (Lipinski definition) is 3. The standard InChI is InChI=1S/C13H18ClNO3/c1-11(2)8-18-13(17,12(3,16)15-11)9-5-4-6-10(14)7-9/h4-7,15-17H,8H2,1-3H3/t12-,13+/m0/s1. The van der Waals surface area contributed by atoms with Crippen molar-refractivity contribution in [2.75, 3.05) is 6.61 Å². The van der Waals surface area contributed by atoms with Gasteiger partial charge in [0.25, 0.3) is 0 Å². The summed E-state index contributed by atoms with van der Waals surface area (Å²) < 4.78 is 5.52. The van der Waals surface area contributed by atoms with Crippen molar-refractivity contribution < 1.29 is 14.9 Å². The van der Waals surface area contributed by atoms with Gasteiger partial charge >= 0.3 is 0 Å². The number of aliphatic hydroxyl groups is 2. The second-order valence-corrected chi connectivity index (χ2v) is 5.96. The van der Waals surface area contributed by atoms with Crippen LogP contribution in [0.4, 0.5) is 0 Å². The van der Waals surface area contributed by atoms with E-state index in [1.54, 1.807) is 24.3 Å². The number of benzene rings is 1. The third kappa shape index (κ3) is 2.27. The molecule has 1 aromatic carbocycles. The average Bonchev–Trinajstić information content (AvgIpc) is 2.23. The van der Waals surface area contributed by atoms with Gasteiger partial charge in [0.1, 0.15) is 0 Å². The first kappa shape index (κ1) is 13.8. The van der Waals surface area contributed by atoms with E-state index in [0.29, 0.717) is 10.6 Å². The van der Waals surface area contributed by atoms with Crippen LogP contribution in [-0.2, 0) is 10.5 Å². The minimum Gasteiger partial charge on any atom is -0.370 e. The molecule has 1 heterocycles. The van der Waals surface area contributed by atoms with Gasteiger partial charge in [0.05, 0.1) is 6.61 Å². The van der Waals surface area contributed by atoms with Crippen molar-refractivity contribution in [2.24, 2.45) is 0 Å². The normalized spacial score (nSPS) is 35.4. The largest absolute Gasteiger partial charge is 0.370 e. The number of rotatable bonds is 1. The first-order chi connectivity index (χ1) is 8.16. The van der Waals surface area contributed by atoms with E-state index in [2.05, 4.69) is 5.32 Å². The van der Waals surface area contributed by atoms with Gasteiger partial charge < -0.3 is 14.9 Å². The molecule has 0 aliphatic carbocycles. The van der Waals surface area contributed by atoms with Crippen molar-refractivity contribution in [3.63, 3.8) is 0 Å². The summed E-state index contributed by atoms with van der Waals surface area (Å²) in [6, 6.07) is 6.65. The first-order valence-electron chi connectivity index (χ1n) is 5.80. The maximum Gasteiger partial charge on any atom is 0.236 e. The summed E-state index contributed by atoms with van der Waals surface area (Å²) in [6.45, 7) is 5.53. The Hall–Kier alpha value is -0.650. The minimum absolute atomic E-state index is 0.270. The smallest absolute Gasteiger partial charge is 0.236 e. The summed E-state index contributed by atoms with van der Waals surface area (Å²) in [5.41, 5.74) is -1.61. The molecule has 0 radical (unpaired) electrons. The summed E-state index contributed by atoms with van der Waals surface area (Å²) in [5.74, 6) is -1.83. The highest BCUT2D eigenvalue weighted by Gasteiger charge is 2.55. The van der Waals surface area contributed by atoms with Crippen LogP contribution < -0.4 is 5.32 Å². The fraction of sp³-hybridized carbons (Fsp3) is 0.538. The fourth-order valence-electron chi connectivity index (χ4n) is 2.27. The molecule has 5 heteroatoms. The van der Waals surface area contributed by atoms with Crippen molar-refractivity contribution in [2.45, 2.75) is 37.8 Å². The molecule has 1 saturated heterocycles. The molecule has 2 atom stereocenters. The van der Waals surface area contributed by atoms with Crippen LogP contribution >= 0.6 is 11.6 Å². The Kier molecular flexibility index (Phi) is 3.20. The summed E-state index contributed by atoms with van der Waals surface area (Å²) in [7, 11) is 0. The molecule has 0 spiro atoms. The quantitative estimate of drug-likeness (QED) is 0.726. The third-order valence-electron chi connectivity index (χ3n) is 3.10. The second kappa shape index (κ2) is 4.18. The molecular formula is C13H18ClNO3. The average molecular weight is 272 g/mol. The van der Waals surface area contributed by atoms with Crippen molar-refractivity contribution in [1.29, 1.82) is 0 Å². The van der Waals surface area contributed by atoms with Gasteiger partial charge in [0.2, 0.25) is 5.79 Å². The predicted molar refractivity (Wildman–Crippen MR) is 69.1 cm³/mol. The van der Waals surface area contributed by atoms with Crippen LogP contribution in [0.15, 0.2) is 24.3 Å². The molecule has 18 heavy (non-hydrogen) atoms. The lowest BCUT2D eigenvalue weighted by molar-refractivity contribution is -0.349. The lowest BCUT2D eigenvalue weighted by Crippen LogP contribution is -2.71. The highest BCUT2D eigenvalue weighted by atomic mass is 35.5. The Morgan fingerprint density at radius 3 is 2.50 bits per heavy atom. The van der Waals surface area contributed by atoms with E-state index < -0.39 is 17.1 Å². The molecule has 0 bridgehead atoms. The molecule has 1 aromatic rings. The summed E-state index contributed by atoms with van der Waals surface area (Å²) in [5, 5.41) is 24.5. The number of ether oxygens (including phenoxy) is 1. The molecule has 4 nitrogen and oxygen atoms in total. The summed E-state index contributed by atoms with van der Waals surface area (Å²) in [4.78, 5) is 0. The van der Waals surface area contributed by atoms with Gasteiger partial charge in [-0.05, 0) is 32.9 Å². The molecule has 1 aliphatic rings. The Balaban J connectivity index is 2.42. The topological polar surface area (TPSA) is 61.7 Å². The van der Waals surface area contributed by atoms with Gasteiger partial charge in [-0.25, -0.2) is 0 Å². The van der Waals surface area contributed by atoms with Gasteiger partial charge in [-0.3, -0.25) is 5.32 Å². The lowest BCUT2D eigenvalue weighted by Gasteiger charge is -2.51. The van der Waals surface area contributed by atoms with E-state index >= 15 is 0 Å². The van der Waals surface area contributed by atoms with Gasteiger partial charge in [-0.15, -0.1) is 0 Å². The number of nitrogens with one attached hydrogen (secondary N) is 1. The fourth-order valence-corrected chi connectivity index (χ4v) is 2.46. The second-order valence-electron chi connectivity index (χ2n) is 5.52. The number of hydrogen-bond acceptors (Lipinski definition) is 4. The monoisotopic (exact) mass is 271 g/mol. The summed E-state index contributed by atoms with van der Waals surface area (Å²) >= 11 is 5.91. The molecule has 100 valence electrons. The molecule has 0 unspecified atom stereocenters. The van der Waals surface area contributed by atoms with Gasteiger partial charge in [-0.2, -0.15) is 0 Å². The Morgan fingerprint density at radius 2 is 1.94 bits per heavy atom. The lowest BCUT2D eigenvalue weighted by atomic mass is 9.89. The number of morpholine rings is 1. The highest BCUT2D eigenvalue weighted by molar-refractivity contribution is 6.30. The van der Waals surface area contributed by atoms with E-state index in [1.165, 1.54) is 6.92 Å². The molecule has 2 rings (SSSR count). The van der Waals surface area contributed by atoms with E-state index in [0.717, 1.165) is 0 Å². The molecule has 0 amide bonds. The zero-order valence-corrected chi connectivity index (χ0v) is 11.5. The van der Waals surface area contributed by atoms with E-state index in [-0.39, 0.29) is 6.61 Å². The van der Waals surface area contributed by atoms with Gasteiger partial charge in [0.15, 0.2) is 5.72 Å². The molecule has 0 saturated carbocycles. The van der Waals surface area contributed by atoms with Crippen molar-refractivity contribution in [1.82, 2.24) is 5.32 Å². The van der Waals surface area contributed by atoms with E-state index in [1.807, 2.05) is 13.8 Å². The Bertz CT molecular complexity index is 461. The molecule has 3 N–H and O–H groups in total. The molecule has 0 aromatic heterocycles. The van der Waals surface area contributed by atoms with Gasteiger partial charge in [0, 0.05) is 16.1 Å².